The average Bonchev–Trinajstić information content (AvgIpc) is 2.01. The molecule has 1 aromatic heterocycles. The first kappa shape index (κ1) is 10.8. The lowest BCUT2D eigenvalue weighted by Gasteiger charge is -2.06. The third-order valence-electron chi connectivity index (χ3n) is 1.54. The van der Waals surface area contributed by atoms with E-state index in [9.17, 15) is 4.79 Å². The van der Waals surface area contributed by atoms with E-state index in [2.05, 4.69) is 9.97 Å². The van der Waals surface area contributed by atoms with Gasteiger partial charge in [-0.1, -0.05) is 11.8 Å². The summed E-state index contributed by atoms with van der Waals surface area (Å²) in [6, 6.07) is 1.67. The number of anilines is 1. The van der Waals surface area contributed by atoms with Crippen LogP contribution in [0.25, 0.3) is 0 Å². The minimum absolute atomic E-state index is 0.351. The number of rotatable bonds is 3. The van der Waals surface area contributed by atoms with Crippen LogP contribution in [0.4, 0.5) is 5.82 Å². The summed E-state index contributed by atoms with van der Waals surface area (Å²) in [5, 5.41) is 0.130. The Morgan fingerprint density at radius 2 is 2.21 bits per heavy atom. The molecule has 4 N–H and O–H groups in total. The number of nitrogens with two attached hydrogens (primary N) is 2. The Balaban J connectivity index is 2.81. The standard InChI is InChI=1S/C8H12N4OS/c1-4-3-6(9)12-8(11-4)14-5(2)7(10)13/h3,5H,1-2H3,(H2,10,13)(H2,9,11,12). The van der Waals surface area contributed by atoms with E-state index in [1.54, 1.807) is 13.0 Å². The lowest BCUT2D eigenvalue weighted by Crippen LogP contribution is -2.22. The SMILES string of the molecule is Cc1cc(N)nc(SC(C)C(N)=O)n1. The van der Waals surface area contributed by atoms with Crippen LogP contribution < -0.4 is 11.5 Å². The van der Waals surface area contributed by atoms with E-state index >= 15 is 0 Å². The quantitative estimate of drug-likeness (QED) is 0.556. The summed E-state index contributed by atoms with van der Waals surface area (Å²) >= 11 is 1.20. The van der Waals surface area contributed by atoms with Crippen LogP contribution in [-0.2, 0) is 4.79 Å². The van der Waals surface area contributed by atoms with Crippen molar-refractivity contribution in [1.29, 1.82) is 0 Å². The zero-order chi connectivity index (χ0) is 10.7. The molecule has 1 aromatic rings. The van der Waals surface area contributed by atoms with Crippen molar-refractivity contribution < 1.29 is 4.79 Å². The van der Waals surface area contributed by atoms with E-state index in [0.29, 0.717) is 11.0 Å². The second-order valence-corrected chi connectivity index (χ2v) is 4.19. The van der Waals surface area contributed by atoms with Gasteiger partial charge in [0.05, 0.1) is 5.25 Å². The van der Waals surface area contributed by atoms with Gasteiger partial charge >= 0.3 is 0 Å². The Bertz CT molecular complexity index is 335. The summed E-state index contributed by atoms with van der Waals surface area (Å²) in [5.41, 5.74) is 11.4. The van der Waals surface area contributed by atoms with Crippen molar-refractivity contribution in [2.75, 3.05) is 5.73 Å². The van der Waals surface area contributed by atoms with Gasteiger partial charge in [-0.05, 0) is 13.8 Å². The van der Waals surface area contributed by atoms with Gasteiger partial charge in [0.25, 0.3) is 0 Å². The van der Waals surface area contributed by atoms with E-state index in [1.807, 2.05) is 6.92 Å². The highest BCUT2D eigenvalue weighted by Crippen LogP contribution is 2.19. The van der Waals surface area contributed by atoms with Crippen molar-refractivity contribution in [3.63, 3.8) is 0 Å². The molecule has 1 unspecified atom stereocenters. The van der Waals surface area contributed by atoms with Crippen LogP contribution in [-0.4, -0.2) is 21.1 Å². The van der Waals surface area contributed by atoms with Gasteiger partial charge in [-0.2, -0.15) is 0 Å². The fourth-order valence-electron chi connectivity index (χ4n) is 0.834. The molecule has 1 rings (SSSR count). The summed E-state index contributed by atoms with van der Waals surface area (Å²) in [6.45, 7) is 3.52. The average molecular weight is 212 g/mol. The Kier molecular flexibility index (Phi) is 3.29. The molecule has 0 aromatic carbocycles. The number of carbonyl (C=O) groups is 1. The van der Waals surface area contributed by atoms with E-state index in [4.69, 9.17) is 11.5 Å². The number of nitrogen functional groups attached to an aromatic ring is 1. The van der Waals surface area contributed by atoms with Gasteiger partial charge in [-0.25, -0.2) is 9.97 Å². The first-order chi connectivity index (χ1) is 6.49. The molecule has 0 spiro atoms. The molecule has 14 heavy (non-hydrogen) atoms. The van der Waals surface area contributed by atoms with Gasteiger partial charge < -0.3 is 11.5 Å². The molecule has 6 heteroatoms. The van der Waals surface area contributed by atoms with Gasteiger partial charge in [0.15, 0.2) is 5.16 Å². The summed E-state index contributed by atoms with van der Waals surface area (Å²) in [4.78, 5) is 18.9. The summed E-state index contributed by atoms with van der Waals surface area (Å²) < 4.78 is 0. The van der Waals surface area contributed by atoms with Crippen molar-refractivity contribution in [1.82, 2.24) is 9.97 Å². The number of hydrogen-bond donors (Lipinski definition) is 2. The molecular formula is C8H12N4OS. The minimum atomic E-state index is -0.390. The molecule has 76 valence electrons. The smallest absolute Gasteiger partial charge is 0.230 e. The number of aryl methyl sites for hydroxylation is 1. The zero-order valence-corrected chi connectivity index (χ0v) is 8.84. The molecule has 1 atom stereocenters. The molecule has 5 nitrogen and oxygen atoms in total. The first-order valence-corrected chi connectivity index (χ1v) is 4.94. The van der Waals surface area contributed by atoms with Crippen LogP contribution >= 0.6 is 11.8 Å². The molecule has 0 aliphatic carbocycles. The molecule has 1 amide bonds. The number of primary amides is 1. The van der Waals surface area contributed by atoms with E-state index < -0.39 is 5.91 Å². The minimum Gasteiger partial charge on any atom is -0.384 e. The molecular weight excluding hydrogens is 200 g/mol. The van der Waals surface area contributed by atoms with Crippen LogP contribution in [0.5, 0.6) is 0 Å². The summed E-state index contributed by atoms with van der Waals surface area (Å²) in [6.07, 6.45) is 0. The maximum absolute atomic E-state index is 10.8. The number of aromatic nitrogens is 2. The summed E-state index contributed by atoms with van der Waals surface area (Å²) in [5.74, 6) is 0.00958. The maximum Gasteiger partial charge on any atom is 0.230 e. The monoisotopic (exact) mass is 212 g/mol. The van der Waals surface area contributed by atoms with Gasteiger partial charge in [-0.3, -0.25) is 4.79 Å². The lowest BCUT2D eigenvalue weighted by molar-refractivity contribution is -0.117. The van der Waals surface area contributed by atoms with E-state index in [-0.39, 0.29) is 5.25 Å². The molecule has 0 saturated carbocycles. The predicted molar refractivity (Wildman–Crippen MR) is 55.7 cm³/mol. The predicted octanol–water partition coefficient (Wildman–Crippen LogP) is 0.333. The lowest BCUT2D eigenvalue weighted by atomic mass is 10.4. The topological polar surface area (TPSA) is 94.9 Å². The molecule has 0 fully saturated rings. The highest BCUT2D eigenvalue weighted by molar-refractivity contribution is 8.00. The second kappa shape index (κ2) is 4.28. The number of carbonyl (C=O) groups excluding carboxylic acids is 1. The highest BCUT2D eigenvalue weighted by Gasteiger charge is 2.12. The molecule has 0 saturated heterocycles. The molecule has 1 heterocycles. The zero-order valence-electron chi connectivity index (χ0n) is 8.02. The van der Waals surface area contributed by atoms with E-state index in [1.165, 1.54) is 11.8 Å². The summed E-state index contributed by atoms with van der Waals surface area (Å²) in [7, 11) is 0. The number of nitrogens with zero attached hydrogens (tertiary/aromatic N) is 2. The van der Waals surface area contributed by atoms with Crippen LogP contribution in [0.1, 0.15) is 12.6 Å². The Labute approximate surface area is 86.3 Å². The van der Waals surface area contributed by atoms with Gasteiger partial charge in [0.2, 0.25) is 5.91 Å². The Hall–Kier alpha value is -1.30. The van der Waals surface area contributed by atoms with Crippen LogP contribution in [0, 0.1) is 6.92 Å². The van der Waals surface area contributed by atoms with Crippen molar-refractivity contribution >= 4 is 23.5 Å². The first-order valence-electron chi connectivity index (χ1n) is 4.06. The third-order valence-corrected chi connectivity index (χ3v) is 2.52. The highest BCUT2D eigenvalue weighted by atomic mass is 32.2. The third kappa shape index (κ3) is 2.88. The normalized spacial score (nSPS) is 12.4. The van der Waals surface area contributed by atoms with Gasteiger partial charge in [0.1, 0.15) is 5.82 Å². The Morgan fingerprint density at radius 1 is 1.57 bits per heavy atom. The van der Waals surface area contributed by atoms with E-state index in [0.717, 1.165) is 5.69 Å². The molecule has 0 aliphatic rings. The number of hydrogen-bond acceptors (Lipinski definition) is 5. The van der Waals surface area contributed by atoms with Gasteiger partial charge in [0, 0.05) is 11.8 Å². The molecule has 0 radical (unpaired) electrons. The van der Waals surface area contributed by atoms with Crippen LogP contribution in [0.3, 0.4) is 0 Å². The van der Waals surface area contributed by atoms with Crippen molar-refractivity contribution in [3.8, 4) is 0 Å². The molecule has 0 aliphatic heterocycles. The fraction of sp³-hybridized carbons (Fsp3) is 0.375. The number of amides is 1. The Morgan fingerprint density at radius 3 is 2.71 bits per heavy atom. The second-order valence-electron chi connectivity index (χ2n) is 2.88. The fourth-order valence-corrected chi connectivity index (χ4v) is 1.62. The van der Waals surface area contributed by atoms with Crippen molar-refractivity contribution in [2.45, 2.75) is 24.3 Å². The van der Waals surface area contributed by atoms with Crippen LogP contribution in [0.2, 0.25) is 0 Å². The van der Waals surface area contributed by atoms with Gasteiger partial charge in [-0.15, -0.1) is 0 Å². The largest absolute Gasteiger partial charge is 0.384 e. The van der Waals surface area contributed by atoms with Crippen LogP contribution in [0.15, 0.2) is 11.2 Å². The number of thioether (sulfide) groups is 1. The maximum atomic E-state index is 10.8. The van der Waals surface area contributed by atoms with Crippen molar-refractivity contribution in [2.24, 2.45) is 5.73 Å². The molecule has 0 bridgehead atoms. The van der Waals surface area contributed by atoms with Crippen molar-refractivity contribution in [3.05, 3.63) is 11.8 Å².